The van der Waals surface area contributed by atoms with E-state index in [1.165, 1.54) is 11.6 Å². The highest BCUT2D eigenvalue weighted by Gasteiger charge is 2.17. The molecule has 0 aliphatic heterocycles. The standard InChI is InChI=1S/C18H22N4O3/c1-4-14-19-16-15(17(23)21(3)18(24)20(16)2)22(14)11-8-12-25-13-9-6-5-7-10-13/h5-7,9-10H,4,8,11-12H2,1-3H3. The van der Waals surface area contributed by atoms with Gasteiger partial charge in [0.2, 0.25) is 0 Å². The van der Waals surface area contributed by atoms with Crippen LogP contribution in [-0.2, 0) is 27.1 Å². The minimum Gasteiger partial charge on any atom is -0.494 e. The molecule has 0 N–H and O–H groups in total. The van der Waals surface area contributed by atoms with E-state index >= 15 is 0 Å². The first kappa shape index (κ1) is 17.0. The van der Waals surface area contributed by atoms with Gasteiger partial charge in [-0.2, -0.15) is 0 Å². The van der Waals surface area contributed by atoms with Crippen molar-refractivity contribution in [3.63, 3.8) is 0 Å². The van der Waals surface area contributed by atoms with Crippen molar-refractivity contribution in [1.82, 2.24) is 18.7 Å². The third kappa shape index (κ3) is 3.09. The molecule has 0 spiro atoms. The van der Waals surface area contributed by atoms with Crippen LogP contribution in [0.4, 0.5) is 0 Å². The fourth-order valence-corrected chi connectivity index (χ4v) is 2.93. The Kier molecular flexibility index (Phi) is 4.74. The third-order valence-electron chi connectivity index (χ3n) is 4.28. The van der Waals surface area contributed by atoms with Crippen LogP contribution in [0.1, 0.15) is 19.2 Å². The monoisotopic (exact) mass is 342 g/mol. The maximum absolute atomic E-state index is 12.6. The van der Waals surface area contributed by atoms with Crippen molar-refractivity contribution < 1.29 is 4.74 Å². The van der Waals surface area contributed by atoms with Gasteiger partial charge >= 0.3 is 5.69 Å². The first-order chi connectivity index (χ1) is 12.0. The predicted octanol–water partition coefficient (Wildman–Crippen LogP) is 1.47. The molecule has 0 fully saturated rings. The largest absolute Gasteiger partial charge is 0.494 e. The number of hydrogen-bond acceptors (Lipinski definition) is 4. The Labute approximate surface area is 145 Å². The van der Waals surface area contributed by atoms with E-state index in [-0.39, 0.29) is 11.2 Å². The van der Waals surface area contributed by atoms with Crippen LogP contribution in [0, 0.1) is 0 Å². The summed E-state index contributed by atoms with van der Waals surface area (Å²) in [5.41, 5.74) is 0.238. The molecule has 0 saturated carbocycles. The average molecular weight is 342 g/mol. The number of benzene rings is 1. The number of nitrogens with zero attached hydrogens (tertiary/aromatic N) is 4. The number of hydrogen-bond donors (Lipinski definition) is 0. The summed E-state index contributed by atoms with van der Waals surface area (Å²) in [4.78, 5) is 29.2. The van der Waals surface area contributed by atoms with Gasteiger partial charge in [-0.1, -0.05) is 25.1 Å². The lowest BCUT2D eigenvalue weighted by atomic mass is 10.3. The molecule has 2 heterocycles. The number of rotatable bonds is 6. The Morgan fingerprint density at radius 2 is 1.80 bits per heavy atom. The molecule has 0 amide bonds. The molecule has 3 aromatic rings. The number of ether oxygens (including phenoxy) is 1. The summed E-state index contributed by atoms with van der Waals surface area (Å²) >= 11 is 0. The Hall–Kier alpha value is -2.83. The van der Waals surface area contributed by atoms with Crippen molar-refractivity contribution in [3.05, 3.63) is 57.0 Å². The van der Waals surface area contributed by atoms with Gasteiger partial charge in [-0.25, -0.2) is 9.78 Å². The van der Waals surface area contributed by atoms with Crippen molar-refractivity contribution >= 4 is 11.2 Å². The number of aryl methyl sites for hydroxylation is 3. The molecule has 0 atom stereocenters. The van der Waals surface area contributed by atoms with E-state index in [0.29, 0.717) is 30.7 Å². The van der Waals surface area contributed by atoms with Gasteiger partial charge in [-0.3, -0.25) is 13.9 Å². The van der Waals surface area contributed by atoms with Crippen LogP contribution in [0.15, 0.2) is 39.9 Å². The zero-order chi connectivity index (χ0) is 18.0. The van der Waals surface area contributed by atoms with Crippen molar-refractivity contribution in [2.75, 3.05) is 6.61 Å². The zero-order valence-corrected chi connectivity index (χ0v) is 14.7. The first-order valence-corrected chi connectivity index (χ1v) is 8.37. The van der Waals surface area contributed by atoms with E-state index in [0.717, 1.165) is 22.6 Å². The number of fused-ring (bicyclic) bond motifs is 1. The van der Waals surface area contributed by atoms with Crippen molar-refractivity contribution in [3.8, 4) is 5.75 Å². The molecule has 0 aliphatic rings. The highest BCUT2D eigenvalue weighted by molar-refractivity contribution is 5.71. The fraction of sp³-hybridized carbons (Fsp3) is 0.389. The summed E-state index contributed by atoms with van der Waals surface area (Å²) < 4.78 is 10.2. The van der Waals surface area contributed by atoms with E-state index in [4.69, 9.17) is 4.74 Å². The summed E-state index contributed by atoms with van der Waals surface area (Å²) in [5.74, 6) is 1.63. The van der Waals surface area contributed by atoms with Crippen molar-refractivity contribution in [2.45, 2.75) is 26.3 Å². The van der Waals surface area contributed by atoms with E-state index in [9.17, 15) is 9.59 Å². The predicted molar refractivity (Wildman–Crippen MR) is 96.1 cm³/mol. The Balaban J connectivity index is 1.88. The van der Waals surface area contributed by atoms with Crippen LogP contribution in [0.5, 0.6) is 5.75 Å². The van der Waals surface area contributed by atoms with Crippen LogP contribution >= 0.6 is 0 Å². The highest BCUT2D eigenvalue weighted by atomic mass is 16.5. The van der Waals surface area contributed by atoms with Gasteiger partial charge in [0, 0.05) is 27.1 Å². The normalized spacial score (nSPS) is 11.2. The number of aromatic nitrogens is 4. The van der Waals surface area contributed by atoms with Crippen molar-refractivity contribution in [2.24, 2.45) is 14.1 Å². The lowest BCUT2D eigenvalue weighted by Gasteiger charge is -2.10. The zero-order valence-electron chi connectivity index (χ0n) is 14.7. The molecule has 3 rings (SSSR count). The molecular formula is C18H22N4O3. The number of para-hydroxylation sites is 1. The van der Waals surface area contributed by atoms with Crippen LogP contribution in [-0.4, -0.2) is 25.3 Å². The van der Waals surface area contributed by atoms with Crippen LogP contribution in [0.3, 0.4) is 0 Å². The van der Waals surface area contributed by atoms with Crippen LogP contribution < -0.4 is 16.0 Å². The third-order valence-corrected chi connectivity index (χ3v) is 4.28. The Morgan fingerprint density at radius 1 is 1.08 bits per heavy atom. The summed E-state index contributed by atoms with van der Waals surface area (Å²) in [5, 5.41) is 0. The Bertz CT molecular complexity index is 999. The van der Waals surface area contributed by atoms with E-state index in [2.05, 4.69) is 4.98 Å². The molecular weight excluding hydrogens is 320 g/mol. The summed E-state index contributed by atoms with van der Waals surface area (Å²) in [6, 6.07) is 9.62. The highest BCUT2D eigenvalue weighted by Crippen LogP contribution is 2.13. The minimum atomic E-state index is -0.364. The topological polar surface area (TPSA) is 71.0 Å². The van der Waals surface area contributed by atoms with Gasteiger partial charge in [0.1, 0.15) is 11.6 Å². The quantitative estimate of drug-likeness (QED) is 0.636. The lowest BCUT2D eigenvalue weighted by molar-refractivity contribution is 0.302. The molecule has 2 aromatic heterocycles. The van der Waals surface area contributed by atoms with Crippen LogP contribution in [0.2, 0.25) is 0 Å². The SMILES string of the molecule is CCc1nc2c(c(=O)n(C)c(=O)n2C)n1CCCOc1ccccc1. The van der Waals surface area contributed by atoms with Gasteiger partial charge in [0.25, 0.3) is 5.56 Å². The molecule has 1 aromatic carbocycles. The van der Waals surface area contributed by atoms with Crippen LogP contribution in [0.25, 0.3) is 11.2 Å². The second-order valence-electron chi connectivity index (χ2n) is 5.93. The molecule has 0 radical (unpaired) electrons. The molecule has 7 heteroatoms. The van der Waals surface area contributed by atoms with E-state index in [1.807, 2.05) is 41.8 Å². The molecule has 0 saturated heterocycles. The molecule has 25 heavy (non-hydrogen) atoms. The minimum absolute atomic E-state index is 0.311. The van der Waals surface area contributed by atoms with Gasteiger partial charge in [-0.15, -0.1) is 0 Å². The van der Waals surface area contributed by atoms with Gasteiger partial charge in [0.05, 0.1) is 6.61 Å². The lowest BCUT2D eigenvalue weighted by Crippen LogP contribution is -2.37. The maximum Gasteiger partial charge on any atom is 0.332 e. The van der Waals surface area contributed by atoms with E-state index < -0.39 is 0 Å². The molecule has 0 aliphatic carbocycles. The van der Waals surface area contributed by atoms with Gasteiger partial charge < -0.3 is 9.30 Å². The smallest absolute Gasteiger partial charge is 0.332 e. The summed E-state index contributed by atoms with van der Waals surface area (Å²) in [6.45, 7) is 3.14. The molecule has 132 valence electrons. The van der Waals surface area contributed by atoms with E-state index in [1.54, 1.807) is 7.05 Å². The molecule has 0 bridgehead atoms. The summed E-state index contributed by atoms with van der Waals surface area (Å²) in [6.07, 6.45) is 1.42. The second-order valence-corrected chi connectivity index (χ2v) is 5.93. The fourth-order valence-electron chi connectivity index (χ4n) is 2.93. The van der Waals surface area contributed by atoms with Gasteiger partial charge in [-0.05, 0) is 18.6 Å². The summed E-state index contributed by atoms with van der Waals surface area (Å²) in [7, 11) is 3.13. The number of imidazole rings is 1. The maximum atomic E-state index is 12.6. The average Bonchev–Trinajstić information content (AvgIpc) is 3.01. The van der Waals surface area contributed by atoms with Crippen molar-refractivity contribution in [1.29, 1.82) is 0 Å². The first-order valence-electron chi connectivity index (χ1n) is 8.37. The molecule has 0 unspecified atom stereocenters. The Morgan fingerprint density at radius 3 is 2.48 bits per heavy atom. The molecule has 7 nitrogen and oxygen atoms in total. The second kappa shape index (κ2) is 6.96. The van der Waals surface area contributed by atoms with Gasteiger partial charge in [0.15, 0.2) is 11.2 Å².